The molecule has 0 saturated heterocycles. The zero-order valence-corrected chi connectivity index (χ0v) is 7.81. The average molecular weight is 198 g/mol. The Kier molecular flexibility index (Phi) is 2.42. The largest absolute Gasteiger partial charge is 0.256 e. The van der Waals surface area contributed by atoms with E-state index in [0.717, 1.165) is 11.3 Å². The molecule has 0 aliphatic heterocycles. The highest BCUT2D eigenvalue weighted by molar-refractivity contribution is 5.61. The number of hydrogen-bond donors (Lipinski definition) is 0. The summed E-state index contributed by atoms with van der Waals surface area (Å²) < 4.78 is 13.0. The van der Waals surface area contributed by atoms with Gasteiger partial charge in [-0.1, -0.05) is 6.07 Å². The summed E-state index contributed by atoms with van der Waals surface area (Å²) in [5.74, 6) is -0.503. The molecule has 0 bridgehead atoms. The third kappa shape index (κ3) is 1.84. The van der Waals surface area contributed by atoms with E-state index in [1.165, 1.54) is 12.1 Å². The first-order chi connectivity index (χ1) is 7.31. The average Bonchev–Trinajstić information content (AvgIpc) is 2.31. The van der Waals surface area contributed by atoms with E-state index >= 15 is 0 Å². The summed E-state index contributed by atoms with van der Waals surface area (Å²) in [7, 11) is 0. The van der Waals surface area contributed by atoms with Gasteiger partial charge in [-0.05, 0) is 30.3 Å². The molecule has 1 aromatic carbocycles. The van der Waals surface area contributed by atoms with Crippen LogP contribution < -0.4 is 0 Å². The molecule has 0 spiro atoms. The van der Waals surface area contributed by atoms with Crippen LogP contribution in [-0.2, 0) is 0 Å². The van der Waals surface area contributed by atoms with Crippen LogP contribution >= 0.6 is 0 Å². The summed E-state index contributed by atoms with van der Waals surface area (Å²) in [6.07, 6.45) is 1.66. The number of nitrogens with zero attached hydrogens (tertiary/aromatic N) is 2. The molecule has 0 amide bonds. The fourth-order valence-electron chi connectivity index (χ4n) is 1.30. The number of rotatable bonds is 1. The number of nitriles is 1. The molecular weight excluding hydrogens is 191 g/mol. The Morgan fingerprint density at radius 1 is 1.20 bits per heavy atom. The summed E-state index contributed by atoms with van der Waals surface area (Å²) in [4.78, 5) is 4.12. The van der Waals surface area contributed by atoms with Gasteiger partial charge in [0, 0.05) is 11.8 Å². The molecule has 0 unspecified atom stereocenters. The van der Waals surface area contributed by atoms with Crippen LogP contribution in [0.15, 0.2) is 42.6 Å². The molecule has 0 aliphatic carbocycles. The molecule has 2 nitrogen and oxygen atoms in total. The lowest BCUT2D eigenvalue weighted by molar-refractivity contribution is 0.624. The molecule has 1 aromatic heterocycles. The lowest BCUT2D eigenvalue weighted by Gasteiger charge is -2.00. The van der Waals surface area contributed by atoms with Crippen molar-refractivity contribution in [1.29, 1.82) is 5.26 Å². The van der Waals surface area contributed by atoms with Gasteiger partial charge in [0.1, 0.15) is 11.9 Å². The molecule has 15 heavy (non-hydrogen) atoms. The standard InChI is InChI=1S/C12H7FN2/c13-11-5-4-9(7-10(11)8-14)12-3-1-2-6-15-12/h1-7H. The van der Waals surface area contributed by atoms with Gasteiger partial charge in [-0.2, -0.15) is 5.26 Å². The minimum atomic E-state index is -0.503. The Morgan fingerprint density at radius 2 is 2.07 bits per heavy atom. The molecule has 0 saturated carbocycles. The van der Waals surface area contributed by atoms with E-state index in [9.17, 15) is 4.39 Å². The third-order valence-electron chi connectivity index (χ3n) is 2.05. The van der Waals surface area contributed by atoms with E-state index in [1.807, 2.05) is 12.1 Å². The molecule has 0 N–H and O–H groups in total. The Bertz CT molecular complexity index is 515. The first-order valence-electron chi connectivity index (χ1n) is 4.42. The maximum absolute atomic E-state index is 13.0. The molecule has 2 rings (SSSR count). The molecule has 0 fully saturated rings. The molecule has 0 atom stereocenters. The van der Waals surface area contributed by atoms with Gasteiger partial charge >= 0.3 is 0 Å². The van der Waals surface area contributed by atoms with Crippen LogP contribution in [0.3, 0.4) is 0 Å². The van der Waals surface area contributed by atoms with Gasteiger partial charge in [-0.15, -0.1) is 0 Å². The fourth-order valence-corrected chi connectivity index (χ4v) is 1.30. The van der Waals surface area contributed by atoms with E-state index in [1.54, 1.807) is 24.4 Å². The lowest BCUT2D eigenvalue weighted by atomic mass is 10.1. The van der Waals surface area contributed by atoms with Gasteiger partial charge in [0.2, 0.25) is 0 Å². The molecule has 3 heteroatoms. The van der Waals surface area contributed by atoms with E-state index in [4.69, 9.17) is 5.26 Å². The number of halogens is 1. The second kappa shape index (κ2) is 3.89. The van der Waals surface area contributed by atoms with Crippen molar-refractivity contribution in [2.45, 2.75) is 0 Å². The Labute approximate surface area is 86.6 Å². The minimum Gasteiger partial charge on any atom is -0.256 e. The Balaban J connectivity index is 2.52. The highest BCUT2D eigenvalue weighted by Crippen LogP contribution is 2.19. The Hall–Kier alpha value is -2.21. The van der Waals surface area contributed by atoms with Crippen molar-refractivity contribution in [3.05, 3.63) is 54.0 Å². The van der Waals surface area contributed by atoms with Gasteiger partial charge in [-0.25, -0.2) is 4.39 Å². The molecule has 72 valence electrons. The monoisotopic (exact) mass is 198 g/mol. The van der Waals surface area contributed by atoms with Crippen molar-refractivity contribution in [3.63, 3.8) is 0 Å². The van der Waals surface area contributed by atoms with Crippen LogP contribution in [0.5, 0.6) is 0 Å². The van der Waals surface area contributed by atoms with E-state index in [0.29, 0.717) is 0 Å². The predicted molar refractivity (Wildman–Crippen MR) is 54.3 cm³/mol. The number of hydrogen-bond acceptors (Lipinski definition) is 2. The summed E-state index contributed by atoms with van der Waals surface area (Å²) >= 11 is 0. The number of benzene rings is 1. The van der Waals surface area contributed by atoms with E-state index in [2.05, 4.69) is 4.98 Å². The van der Waals surface area contributed by atoms with E-state index in [-0.39, 0.29) is 5.56 Å². The summed E-state index contributed by atoms with van der Waals surface area (Å²) in [5.41, 5.74) is 1.51. The second-order valence-corrected chi connectivity index (χ2v) is 3.02. The van der Waals surface area contributed by atoms with Crippen molar-refractivity contribution in [1.82, 2.24) is 4.98 Å². The maximum atomic E-state index is 13.0. The second-order valence-electron chi connectivity index (χ2n) is 3.02. The van der Waals surface area contributed by atoms with Gasteiger partial charge < -0.3 is 0 Å². The molecule has 2 aromatic rings. The van der Waals surface area contributed by atoms with Crippen molar-refractivity contribution in [3.8, 4) is 17.3 Å². The van der Waals surface area contributed by atoms with Crippen LogP contribution in [0, 0.1) is 17.1 Å². The van der Waals surface area contributed by atoms with Crippen LogP contribution in [-0.4, -0.2) is 4.98 Å². The first-order valence-corrected chi connectivity index (χ1v) is 4.42. The number of pyridine rings is 1. The smallest absolute Gasteiger partial charge is 0.140 e. The van der Waals surface area contributed by atoms with Gasteiger partial charge in [0.15, 0.2) is 0 Å². The van der Waals surface area contributed by atoms with Crippen molar-refractivity contribution >= 4 is 0 Å². The topological polar surface area (TPSA) is 36.7 Å². The maximum Gasteiger partial charge on any atom is 0.140 e. The van der Waals surface area contributed by atoms with Crippen molar-refractivity contribution in [2.75, 3.05) is 0 Å². The SMILES string of the molecule is N#Cc1cc(-c2ccccn2)ccc1F. The summed E-state index contributed by atoms with van der Waals surface area (Å²) in [5, 5.41) is 8.68. The lowest BCUT2D eigenvalue weighted by Crippen LogP contribution is -1.87. The van der Waals surface area contributed by atoms with Crippen molar-refractivity contribution < 1.29 is 4.39 Å². The zero-order chi connectivity index (χ0) is 10.7. The molecule has 0 aliphatic rings. The normalized spacial score (nSPS) is 9.60. The number of aromatic nitrogens is 1. The zero-order valence-electron chi connectivity index (χ0n) is 7.81. The van der Waals surface area contributed by atoms with Crippen LogP contribution in [0.2, 0.25) is 0 Å². The summed E-state index contributed by atoms with van der Waals surface area (Å²) in [6, 6.07) is 11.7. The fraction of sp³-hybridized carbons (Fsp3) is 0. The molecule has 1 heterocycles. The van der Waals surface area contributed by atoms with Crippen molar-refractivity contribution in [2.24, 2.45) is 0 Å². The molecular formula is C12H7FN2. The Morgan fingerprint density at radius 3 is 2.73 bits per heavy atom. The minimum absolute atomic E-state index is 0.0400. The third-order valence-corrected chi connectivity index (χ3v) is 2.05. The van der Waals surface area contributed by atoms with E-state index < -0.39 is 5.82 Å². The highest BCUT2D eigenvalue weighted by atomic mass is 19.1. The van der Waals surface area contributed by atoms with Crippen LogP contribution in [0.25, 0.3) is 11.3 Å². The van der Waals surface area contributed by atoms with Crippen LogP contribution in [0.4, 0.5) is 4.39 Å². The quantitative estimate of drug-likeness (QED) is 0.706. The van der Waals surface area contributed by atoms with Gasteiger partial charge in [0.05, 0.1) is 11.3 Å². The highest BCUT2D eigenvalue weighted by Gasteiger charge is 2.04. The summed E-state index contributed by atoms with van der Waals surface area (Å²) in [6.45, 7) is 0. The van der Waals surface area contributed by atoms with Gasteiger partial charge in [0.25, 0.3) is 0 Å². The first kappa shape index (κ1) is 9.35. The molecule has 0 radical (unpaired) electrons. The van der Waals surface area contributed by atoms with Crippen LogP contribution in [0.1, 0.15) is 5.56 Å². The predicted octanol–water partition coefficient (Wildman–Crippen LogP) is 2.76. The van der Waals surface area contributed by atoms with Gasteiger partial charge in [-0.3, -0.25) is 4.98 Å².